The summed E-state index contributed by atoms with van der Waals surface area (Å²) in [7, 11) is 0. The molecule has 0 saturated heterocycles. The lowest BCUT2D eigenvalue weighted by Gasteiger charge is -2.33. The van der Waals surface area contributed by atoms with E-state index >= 15 is 0 Å². The van der Waals surface area contributed by atoms with Crippen molar-refractivity contribution in [2.45, 2.75) is 167 Å². The van der Waals surface area contributed by atoms with Gasteiger partial charge in [0.1, 0.15) is 17.1 Å². The third-order valence-electron chi connectivity index (χ3n) is 11.8. The Balaban J connectivity index is 1.39. The Morgan fingerprint density at radius 2 is 1.25 bits per heavy atom. The molecular weight excluding hydrogens is 645 g/mol. The van der Waals surface area contributed by atoms with E-state index in [1.54, 1.807) is 0 Å². The van der Waals surface area contributed by atoms with Crippen LogP contribution in [0, 0.1) is 5.41 Å². The summed E-state index contributed by atoms with van der Waals surface area (Å²) in [5.74, 6) is 2.56. The molecule has 0 heterocycles. The maximum absolute atomic E-state index is 13.4. The number of carbonyl (C=O) groups excluding carboxylic acids is 1. The molecule has 52 heavy (non-hydrogen) atoms. The van der Waals surface area contributed by atoms with Gasteiger partial charge in [-0.05, 0) is 163 Å². The Labute approximate surface area is 315 Å². The Bertz CT molecular complexity index is 1420. The van der Waals surface area contributed by atoms with Gasteiger partial charge in [-0.2, -0.15) is 0 Å². The first-order chi connectivity index (χ1) is 25.1. The zero-order chi connectivity index (χ0) is 37.4. The topological polar surface area (TPSA) is 65.0 Å². The summed E-state index contributed by atoms with van der Waals surface area (Å²) in [6.45, 7) is 13.1. The monoisotopic (exact) mass is 713 g/mol. The lowest BCUT2D eigenvalue weighted by molar-refractivity contribution is -0.171. The van der Waals surface area contributed by atoms with E-state index in [2.05, 4.69) is 94.4 Å². The number of esters is 1. The molecule has 0 aliphatic heterocycles. The standard InChI is InChI=1S/C47H68O5/c1-7-37(41-25-29-43(48)30-26-41)20-15-21-39(42-27-31-44(32-28-42)51-36(4)50-9-3)22-16-23-40(38-18-11-10-12-19-38)24-17-33-46(5,6)45(49)52-47(8-2)34-13-14-35-47/h10-12,18-19,25-32,36-37,39-40,48H,7-9,13-17,20-24,33-35H2,1-6H3. The van der Waals surface area contributed by atoms with Crippen molar-refractivity contribution < 1.29 is 24.1 Å². The van der Waals surface area contributed by atoms with Crippen LogP contribution in [0.4, 0.5) is 0 Å². The van der Waals surface area contributed by atoms with Crippen LogP contribution < -0.4 is 4.74 Å². The second-order valence-electron chi connectivity index (χ2n) is 16.0. The van der Waals surface area contributed by atoms with Crippen LogP contribution in [0.25, 0.3) is 0 Å². The first-order valence-corrected chi connectivity index (χ1v) is 20.5. The van der Waals surface area contributed by atoms with Crippen molar-refractivity contribution in [3.8, 4) is 11.5 Å². The molecule has 1 N–H and O–H groups in total. The van der Waals surface area contributed by atoms with Gasteiger partial charge in [0.25, 0.3) is 0 Å². The van der Waals surface area contributed by atoms with E-state index in [4.69, 9.17) is 14.2 Å². The molecule has 3 aromatic carbocycles. The minimum absolute atomic E-state index is 0.0187. The summed E-state index contributed by atoms with van der Waals surface area (Å²) in [6.07, 6.45) is 15.8. The molecule has 5 nitrogen and oxygen atoms in total. The number of aromatic hydroxyl groups is 1. The minimum Gasteiger partial charge on any atom is -0.508 e. The molecule has 4 atom stereocenters. The molecule has 0 bridgehead atoms. The Morgan fingerprint density at radius 3 is 1.81 bits per heavy atom. The van der Waals surface area contributed by atoms with E-state index in [0.29, 0.717) is 30.1 Å². The number of hydrogen-bond donors (Lipinski definition) is 1. The Morgan fingerprint density at radius 1 is 0.731 bits per heavy atom. The van der Waals surface area contributed by atoms with Gasteiger partial charge in [-0.1, -0.05) is 87.7 Å². The molecule has 1 aliphatic rings. The number of hydrogen-bond acceptors (Lipinski definition) is 5. The van der Waals surface area contributed by atoms with E-state index in [1.165, 1.54) is 16.7 Å². The van der Waals surface area contributed by atoms with Crippen LogP contribution in [0.5, 0.6) is 11.5 Å². The Kier molecular flexibility index (Phi) is 16.6. The quantitative estimate of drug-likeness (QED) is 0.0783. The molecule has 0 radical (unpaired) electrons. The summed E-state index contributed by atoms with van der Waals surface area (Å²) in [4.78, 5) is 13.4. The van der Waals surface area contributed by atoms with Crippen LogP contribution in [-0.2, 0) is 14.3 Å². The lowest BCUT2D eigenvalue weighted by atomic mass is 9.81. The third-order valence-corrected chi connectivity index (χ3v) is 11.8. The molecule has 3 aromatic rings. The lowest BCUT2D eigenvalue weighted by Crippen LogP contribution is -2.37. The van der Waals surface area contributed by atoms with Crippen molar-refractivity contribution in [1.82, 2.24) is 0 Å². The molecule has 5 heteroatoms. The number of benzene rings is 3. The summed E-state index contributed by atoms with van der Waals surface area (Å²) in [5, 5.41) is 9.81. The summed E-state index contributed by atoms with van der Waals surface area (Å²) < 4.78 is 17.8. The van der Waals surface area contributed by atoms with E-state index < -0.39 is 5.41 Å². The van der Waals surface area contributed by atoms with Crippen LogP contribution in [0.1, 0.15) is 172 Å². The average molecular weight is 713 g/mol. The molecule has 286 valence electrons. The van der Waals surface area contributed by atoms with Crippen molar-refractivity contribution >= 4 is 5.97 Å². The van der Waals surface area contributed by atoms with E-state index in [-0.39, 0.29) is 17.9 Å². The summed E-state index contributed by atoms with van der Waals surface area (Å²) in [5.41, 5.74) is 3.37. The average Bonchev–Trinajstić information content (AvgIpc) is 3.62. The Hall–Kier alpha value is -3.31. The highest BCUT2D eigenvalue weighted by Gasteiger charge is 2.40. The number of ether oxygens (including phenoxy) is 3. The van der Waals surface area contributed by atoms with Gasteiger partial charge in [-0.25, -0.2) is 0 Å². The molecule has 1 saturated carbocycles. The first kappa shape index (κ1) is 41.4. The van der Waals surface area contributed by atoms with Gasteiger partial charge < -0.3 is 19.3 Å². The van der Waals surface area contributed by atoms with Crippen molar-refractivity contribution in [1.29, 1.82) is 0 Å². The van der Waals surface area contributed by atoms with Crippen LogP contribution in [-0.4, -0.2) is 29.6 Å². The molecule has 4 rings (SSSR count). The summed E-state index contributed by atoms with van der Waals surface area (Å²) >= 11 is 0. The predicted molar refractivity (Wildman–Crippen MR) is 214 cm³/mol. The van der Waals surface area contributed by atoms with Crippen LogP contribution >= 0.6 is 0 Å². The highest BCUT2D eigenvalue weighted by atomic mass is 16.7. The van der Waals surface area contributed by atoms with Gasteiger partial charge in [-0.3, -0.25) is 4.79 Å². The number of rotatable bonds is 23. The van der Waals surface area contributed by atoms with Crippen molar-refractivity contribution in [3.05, 3.63) is 95.6 Å². The van der Waals surface area contributed by atoms with Gasteiger partial charge >= 0.3 is 5.97 Å². The largest absolute Gasteiger partial charge is 0.508 e. The summed E-state index contributed by atoms with van der Waals surface area (Å²) in [6, 6.07) is 27.4. The molecule has 0 aromatic heterocycles. The number of phenols is 1. The smallest absolute Gasteiger partial charge is 0.312 e. The second-order valence-corrected chi connectivity index (χ2v) is 16.0. The van der Waals surface area contributed by atoms with E-state index in [0.717, 1.165) is 102 Å². The zero-order valence-corrected chi connectivity index (χ0v) is 33.2. The molecule has 1 fully saturated rings. The normalized spacial score (nSPS) is 16.6. The van der Waals surface area contributed by atoms with Crippen LogP contribution in [0.3, 0.4) is 0 Å². The molecular formula is C47H68O5. The first-order valence-electron chi connectivity index (χ1n) is 20.5. The van der Waals surface area contributed by atoms with Crippen molar-refractivity contribution in [2.24, 2.45) is 5.41 Å². The fraction of sp³-hybridized carbons (Fsp3) is 0.596. The maximum atomic E-state index is 13.4. The fourth-order valence-corrected chi connectivity index (χ4v) is 8.31. The molecule has 1 aliphatic carbocycles. The maximum Gasteiger partial charge on any atom is 0.312 e. The van der Waals surface area contributed by atoms with Crippen molar-refractivity contribution in [3.63, 3.8) is 0 Å². The predicted octanol–water partition coefficient (Wildman–Crippen LogP) is 13.0. The van der Waals surface area contributed by atoms with Gasteiger partial charge in [0.05, 0.1) is 5.41 Å². The van der Waals surface area contributed by atoms with Crippen molar-refractivity contribution in [2.75, 3.05) is 6.61 Å². The minimum atomic E-state index is -0.482. The second kappa shape index (κ2) is 20.8. The van der Waals surface area contributed by atoms with Gasteiger partial charge in [0, 0.05) is 6.61 Å². The van der Waals surface area contributed by atoms with Crippen LogP contribution in [0.2, 0.25) is 0 Å². The zero-order valence-electron chi connectivity index (χ0n) is 33.2. The van der Waals surface area contributed by atoms with Gasteiger partial charge in [0.15, 0.2) is 6.29 Å². The number of phenolic OH excluding ortho intramolecular Hbond substituents is 1. The van der Waals surface area contributed by atoms with Gasteiger partial charge in [0.2, 0.25) is 0 Å². The number of carbonyl (C=O) groups is 1. The highest BCUT2D eigenvalue weighted by Crippen LogP contribution is 2.40. The SMILES string of the molecule is CCOC(C)Oc1ccc(C(CCCC(CC)c2ccc(O)cc2)CCCC(CCCC(C)(C)C(=O)OC2(CC)CCCC2)c2ccccc2)cc1. The van der Waals surface area contributed by atoms with E-state index in [1.807, 2.05) is 26.0 Å². The molecule has 0 amide bonds. The fourth-order valence-electron chi connectivity index (χ4n) is 8.31. The third kappa shape index (κ3) is 12.7. The van der Waals surface area contributed by atoms with Gasteiger partial charge in [-0.15, -0.1) is 0 Å². The highest BCUT2D eigenvalue weighted by molar-refractivity contribution is 5.76. The molecule has 4 unspecified atom stereocenters. The van der Waals surface area contributed by atoms with Crippen LogP contribution in [0.15, 0.2) is 78.9 Å². The molecule has 0 spiro atoms. The van der Waals surface area contributed by atoms with E-state index in [9.17, 15) is 9.90 Å².